The molecule has 2 aromatic carbocycles. The van der Waals surface area contributed by atoms with Crippen molar-refractivity contribution in [3.8, 4) is 22.8 Å². The molecule has 0 radical (unpaired) electrons. The van der Waals surface area contributed by atoms with E-state index in [-0.39, 0.29) is 0 Å². The largest absolute Gasteiger partial charge is 0.497 e. The van der Waals surface area contributed by atoms with Crippen LogP contribution in [0.25, 0.3) is 22.2 Å². The molecule has 3 nitrogen and oxygen atoms in total. The van der Waals surface area contributed by atoms with Crippen molar-refractivity contribution in [2.75, 3.05) is 14.2 Å². The second kappa shape index (κ2) is 5.76. The maximum absolute atomic E-state index is 5.38. The molecule has 1 heterocycles. The molecule has 0 amide bonds. The standard InChI is InChI=1S/C19H21NO2/c1-5-20-18-12-16(22-4)10-11-17(18)13(2)19(20)14-6-8-15(21-3)9-7-14/h6-12H,5H2,1-4H3. The van der Waals surface area contributed by atoms with Crippen LogP contribution < -0.4 is 9.47 Å². The van der Waals surface area contributed by atoms with E-state index < -0.39 is 0 Å². The van der Waals surface area contributed by atoms with Crippen molar-refractivity contribution in [1.29, 1.82) is 0 Å². The first kappa shape index (κ1) is 14.5. The fourth-order valence-electron chi connectivity index (χ4n) is 3.08. The molecule has 0 aliphatic heterocycles. The Morgan fingerprint density at radius 1 is 0.909 bits per heavy atom. The Labute approximate surface area is 131 Å². The molecule has 3 aromatic rings. The van der Waals surface area contributed by atoms with Crippen LogP contribution in [0, 0.1) is 6.92 Å². The average Bonchev–Trinajstić information content (AvgIpc) is 2.86. The molecule has 0 aliphatic rings. The topological polar surface area (TPSA) is 23.4 Å². The van der Waals surface area contributed by atoms with Crippen molar-refractivity contribution in [2.45, 2.75) is 20.4 Å². The summed E-state index contributed by atoms with van der Waals surface area (Å²) in [6.07, 6.45) is 0. The van der Waals surface area contributed by atoms with Crippen molar-refractivity contribution < 1.29 is 9.47 Å². The minimum absolute atomic E-state index is 0.877. The van der Waals surface area contributed by atoms with E-state index in [2.05, 4.69) is 42.7 Å². The number of hydrogen-bond donors (Lipinski definition) is 0. The van der Waals surface area contributed by atoms with E-state index in [1.54, 1.807) is 14.2 Å². The molecular weight excluding hydrogens is 274 g/mol. The van der Waals surface area contributed by atoms with E-state index in [1.807, 2.05) is 18.2 Å². The minimum atomic E-state index is 0.877. The molecule has 0 aliphatic carbocycles. The normalized spacial score (nSPS) is 10.9. The quantitative estimate of drug-likeness (QED) is 0.699. The lowest BCUT2D eigenvalue weighted by Gasteiger charge is -2.10. The Hall–Kier alpha value is -2.42. The summed E-state index contributed by atoms with van der Waals surface area (Å²) in [5, 5.41) is 1.27. The molecule has 114 valence electrons. The van der Waals surface area contributed by atoms with Gasteiger partial charge < -0.3 is 14.0 Å². The first-order chi connectivity index (χ1) is 10.7. The van der Waals surface area contributed by atoms with Gasteiger partial charge in [0.25, 0.3) is 0 Å². The summed E-state index contributed by atoms with van der Waals surface area (Å²) in [5.74, 6) is 1.77. The van der Waals surface area contributed by atoms with E-state index in [0.29, 0.717) is 0 Å². The van der Waals surface area contributed by atoms with Crippen LogP contribution in [-0.4, -0.2) is 18.8 Å². The fraction of sp³-hybridized carbons (Fsp3) is 0.263. The first-order valence-electron chi connectivity index (χ1n) is 7.50. The summed E-state index contributed by atoms with van der Waals surface area (Å²) in [6.45, 7) is 5.27. The summed E-state index contributed by atoms with van der Waals surface area (Å²) in [6, 6.07) is 14.5. The number of ether oxygens (including phenoxy) is 2. The Morgan fingerprint density at radius 2 is 1.55 bits per heavy atom. The van der Waals surface area contributed by atoms with E-state index in [9.17, 15) is 0 Å². The van der Waals surface area contributed by atoms with Gasteiger partial charge in [-0.1, -0.05) is 0 Å². The van der Waals surface area contributed by atoms with Gasteiger partial charge in [0.1, 0.15) is 11.5 Å². The highest BCUT2D eigenvalue weighted by molar-refractivity contribution is 5.92. The van der Waals surface area contributed by atoms with Gasteiger partial charge in [0.15, 0.2) is 0 Å². The molecule has 0 unspecified atom stereocenters. The minimum Gasteiger partial charge on any atom is -0.497 e. The van der Waals surface area contributed by atoms with Crippen LogP contribution in [0.15, 0.2) is 42.5 Å². The van der Waals surface area contributed by atoms with Crippen molar-refractivity contribution in [1.82, 2.24) is 4.57 Å². The number of fused-ring (bicyclic) bond motifs is 1. The van der Waals surface area contributed by atoms with Gasteiger partial charge in [0.2, 0.25) is 0 Å². The second-order valence-electron chi connectivity index (χ2n) is 5.33. The van der Waals surface area contributed by atoms with E-state index >= 15 is 0 Å². The Balaban J connectivity index is 2.25. The molecular formula is C19H21NO2. The molecule has 0 fully saturated rings. The second-order valence-corrected chi connectivity index (χ2v) is 5.33. The number of aryl methyl sites for hydroxylation is 2. The summed E-state index contributed by atoms with van der Waals surface area (Å²) >= 11 is 0. The number of hydrogen-bond acceptors (Lipinski definition) is 2. The summed E-state index contributed by atoms with van der Waals surface area (Å²) < 4.78 is 13.0. The fourth-order valence-corrected chi connectivity index (χ4v) is 3.08. The predicted molar refractivity (Wildman–Crippen MR) is 90.9 cm³/mol. The molecule has 0 spiro atoms. The van der Waals surface area contributed by atoms with Crippen molar-refractivity contribution in [3.63, 3.8) is 0 Å². The van der Waals surface area contributed by atoms with Crippen LogP contribution in [0.1, 0.15) is 12.5 Å². The van der Waals surface area contributed by atoms with E-state index in [0.717, 1.165) is 18.0 Å². The Kier molecular flexibility index (Phi) is 3.80. The number of methoxy groups -OCH3 is 2. The smallest absolute Gasteiger partial charge is 0.120 e. The number of nitrogens with zero attached hydrogens (tertiary/aromatic N) is 1. The highest BCUT2D eigenvalue weighted by Gasteiger charge is 2.15. The van der Waals surface area contributed by atoms with Gasteiger partial charge in [0.05, 0.1) is 25.4 Å². The van der Waals surface area contributed by atoms with Gasteiger partial charge in [-0.15, -0.1) is 0 Å². The molecule has 0 N–H and O–H groups in total. The van der Waals surface area contributed by atoms with Gasteiger partial charge in [-0.3, -0.25) is 0 Å². The van der Waals surface area contributed by atoms with Gasteiger partial charge in [0, 0.05) is 18.0 Å². The maximum Gasteiger partial charge on any atom is 0.120 e. The van der Waals surface area contributed by atoms with Crippen LogP contribution in [0.3, 0.4) is 0 Å². The zero-order chi connectivity index (χ0) is 15.7. The SMILES string of the molecule is CCn1c(-c2ccc(OC)cc2)c(C)c2ccc(OC)cc21. The first-order valence-corrected chi connectivity index (χ1v) is 7.50. The van der Waals surface area contributed by atoms with Gasteiger partial charge in [-0.2, -0.15) is 0 Å². The third kappa shape index (κ3) is 2.23. The summed E-state index contributed by atoms with van der Waals surface area (Å²) in [5.41, 5.74) is 4.97. The molecule has 22 heavy (non-hydrogen) atoms. The van der Waals surface area contributed by atoms with Crippen molar-refractivity contribution in [3.05, 3.63) is 48.0 Å². The Morgan fingerprint density at radius 3 is 2.14 bits per heavy atom. The molecule has 3 rings (SSSR count). The molecule has 0 saturated carbocycles. The maximum atomic E-state index is 5.38. The van der Waals surface area contributed by atoms with Gasteiger partial charge in [-0.05, 0) is 61.4 Å². The van der Waals surface area contributed by atoms with Crippen LogP contribution >= 0.6 is 0 Å². The third-order valence-corrected chi connectivity index (χ3v) is 4.20. The molecule has 3 heteroatoms. The third-order valence-electron chi connectivity index (χ3n) is 4.20. The van der Waals surface area contributed by atoms with E-state index in [4.69, 9.17) is 9.47 Å². The van der Waals surface area contributed by atoms with Crippen LogP contribution in [0.2, 0.25) is 0 Å². The number of aromatic nitrogens is 1. The van der Waals surface area contributed by atoms with Gasteiger partial charge in [-0.25, -0.2) is 0 Å². The highest BCUT2D eigenvalue weighted by Crippen LogP contribution is 2.35. The molecule has 1 aromatic heterocycles. The van der Waals surface area contributed by atoms with Crippen LogP contribution in [0.5, 0.6) is 11.5 Å². The zero-order valence-corrected chi connectivity index (χ0v) is 13.5. The summed E-state index contributed by atoms with van der Waals surface area (Å²) in [7, 11) is 3.40. The summed E-state index contributed by atoms with van der Waals surface area (Å²) in [4.78, 5) is 0. The average molecular weight is 295 g/mol. The highest BCUT2D eigenvalue weighted by atomic mass is 16.5. The monoisotopic (exact) mass is 295 g/mol. The van der Waals surface area contributed by atoms with E-state index in [1.165, 1.54) is 27.7 Å². The number of benzene rings is 2. The lowest BCUT2D eigenvalue weighted by atomic mass is 10.1. The molecule has 0 bridgehead atoms. The lowest BCUT2D eigenvalue weighted by Crippen LogP contribution is -1.97. The van der Waals surface area contributed by atoms with Crippen molar-refractivity contribution in [2.24, 2.45) is 0 Å². The van der Waals surface area contributed by atoms with Crippen molar-refractivity contribution >= 4 is 10.9 Å². The Bertz CT molecular complexity index is 800. The molecule has 0 saturated heterocycles. The van der Waals surface area contributed by atoms with Crippen LogP contribution in [0.4, 0.5) is 0 Å². The zero-order valence-electron chi connectivity index (χ0n) is 13.5. The van der Waals surface area contributed by atoms with Crippen LogP contribution in [-0.2, 0) is 6.54 Å². The number of rotatable bonds is 4. The predicted octanol–water partition coefficient (Wildman–Crippen LogP) is 4.65. The molecule has 0 atom stereocenters. The lowest BCUT2D eigenvalue weighted by molar-refractivity contribution is 0.415. The van der Waals surface area contributed by atoms with Gasteiger partial charge >= 0.3 is 0 Å².